The Labute approximate surface area is 105 Å². The van der Waals surface area contributed by atoms with Crippen molar-refractivity contribution in [3.63, 3.8) is 0 Å². The standard InChI is InChI=1S/C12H17IO2/c1-14-12(15-2,9-6-10-13)11-7-4-3-5-8-11/h3-5,7-8H,6,9-10H2,1-2H3. The smallest absolute Gasteiger partial charge is 0.194 e. The lowest BCUT2D eigenvalue weighted by Crippen LogP contribution is -2.30. The molecule has 15 heavy (non-hydrogen) atoms. The summed E-state index contributed by atoms with van der Waals surface area (Å²) in [5.74, 6) is -0.577. The Bertz CT molecular complexity index is 270. The van der Waals surface area contributed by atoms with Crippen LogP contribution in [0.25, 0.3) is 0 Å². The van der Waals surface area contributed by atoms with Crippen molar-refractivity contribution < 1.29 is 9.47 Å². The number of benzene rings is 1. The summed E-state index contributed by atoms with van der Waals surface area (Å²) in [6, 6.07) is 10.1. The summed E-state index contributed by atoms with van der Waals surface area (Å²) in [7, 11) is 3.40. The van der Waals surface area contributed by atoms with Gasteiger partial charge in [0.15, 0.2) is 5.79 Å². The molecule has 0 fully saturated rings. The quantitative estimate of drug-likeness (QED) is 0.455. The summed E-state index contributed by atoms with van der Waals surface area (Å²) in [5, 5.41) is 0. The molecule has 1 aromatic rings. The third kappa shape index (κ3) is 3.16. The predicted octanol–water partition coefficient (Wildman–Crippen LogP) is 3.35. The fourth-order valence-electron chi connectivity index (χ4n) is 1.66. The maximum atomic E-state index is 5.55. The molecule has 0 amide bonds. The summed E-state index contributed by atoms with van der Waals surface area (Å²) in [6.07, 6.45) is 1.96. The Morgan fingerprint density at radius 1 is 1.13 bits per heavy atom. The van der Waals surface area contributed by atoms with E-state index in [2.05, 4.69) is 22.6 Å². The van der Waals surface area contributed by atoms with Crippen LogP contribution in [0.4, 0.5) is 0 Å². The molecule has 0 aliphatic rings. The highest BCUT2D eigenvalue weighted by Crippen LogP contribution is 2.31. The van der Waals surface area contributed by atoms with Gasteiger partial charge in [-0.2, -0.15) is 0 Å². The number of ether oxygens (including phenoxy) is 2. The van der Waals surface area contributed by atoms with E-state index in [0.717, 1.165) is 22.8 Å². The first-order valence-corrected chi connectivity index (χ1v) is 6.53. The van der Waals surface area contributed by atoms with Crippen LogP contribution in [0.5, 0.6) is 0 Å². The molecular formula is C12H17IO2. The van der Waals surface area contributed by atoms with Gasteiger partial charge in [0.05, 0.1) is 0 Å². The van der Waals surface area contributed by atoms with E-state index in [-0.39, 0.29) is 0 Å². The van der Waals surface area contributed by atoms with Crippen LogP contribution in [-0.4, -0.2) is 18.6 Å². The monoisotopic (exact) mass is 320 g/mol. The third-order valence-corrected chi connectivity index (χ3v) is 3.28. The number of hydrogen-bond acceptors (Lipinski definition) is 2. The largest absolute Gasteiger partial charge is 0.349 e. The van der Waals surface area contributed by atoms with Crippen molar-refractivity contribution in [2.45, 2.75) is 18.6 Å². The number of hydrogen-bond donors (Lipinski definition) is 0. The molecule has 1 rings (SSSR count). The van der Waals surface area contributed by atoms with Gasteiger partial charge in [-0.15, -0.1) is 0 Å². The van der Waals surface area contributed by atoms with Crippen LogP contribution in [0.15, 0.2) is 30.3 Å². The molecule has 0 aliphatic heterocycles. The summed E-state index contributed by atoms with van der Waals surface area (Å²) in [4.78, 5) is 0. The Morgan fingerprint density at radius 3 is 2.20 bits per heavy atom. The molecule has 2 nitrogen and oxygen atoms in total. The van der Waals surface area contributed by atoms with Gasteiger partial charge in [0.1, 0.15) is 0 Å². The highest BCUT2D eigenvalue weighted by molar-refractivity contribution is 14.1. The topological polar surface area (TPSA) is 18.5 Å². The minimum absolute atomic E-state index is 0.577. The van der Waals surface area contributed by atoms with Gasteiger partial charge in [-0.3, -0.25) is 0 Å². The summed E-state index contributed by atoms with van der Waals surface area (Å²) in [5.41, 5.74) is 1.08. The number of alkyl halides is 1. The molecule has 3 heteroatoms. The molecule has 0 aromatic heterocycles. The summed E-state index contributed by atoms with van der Waals surface area (Å²) in [6.45, 7) is 0. The van der Waals surface area contributed by atoms with Crippen LogP contribution in [0, 0.1) is 0 Å². The minimum Gasteiger partial charge on any atom is -0.349 e. The van der Waals surface area contributed by atoms with E-state index in [0.29, 0.717) is 0 Å². The first kappa shape index (κ1) is 12.9. The van der Waals surface area contributed by atoms with E-state index >= 15 is 0 Å². The van der Waals surface area contributed by atoms with Crippen molar-refractivity contribution in [2.24, 2.45) is 0 Å². The van der Waals surface area contributed by atoms with Gasteiger partial charge in [0.2, 0.25) is 0 Å². The SMILES string of the molecule is COC(CCCI)(OC)c1ccccc1. The van der Waals surface area contributed by atoms with Gasteiger partial charge in [-0.1, -0.05) is 52.9 Å². The molecule has 84 valence electrons. The number of methoxy groups -OCH3 is 2. The average molecular weight is 320 g/mol. The van der Waals surface area contributed by atoms with Crippen molar-refractivity contribution >= 4 is 22.6 Å². The lowest BCUT2D eigenvalue weighted by atomic mass is 10.0. The molecule has 0 aliphatic carbocycles. The van der Waals surface area contributed by atoms with Crippen LogP contribution < -0.4 is 0 Å². The second-order valence-corrected chi connectivity index (χ2v) is 4.40. The van der Waals surface area contributed by atoms with Crippen molar-refractivity contribution in [3.05, 3.63) is 35.9 Å². The van der Waals surface area contributed by atoms with E-state index in [4.69, 9.17) is 9.47 Å². The predicted molar refractivity (Wildman–Crippen MR) is 70.3 cm³/mol. The van der Waals surface area contributed by atoms with E-state index in [1.165, 1.54) is 0 Å². The van der Waals surface area contributed by atoms with Crippen LogP contribution in [0.1, 0.15) is 18.4 Å². The van der Waals surface area contributed by atoms with Gasteiger partial charge in [0, 0.05) is 26.2 Å². The second-order valence-electron chi connectivity index (χ2n) is 3.32. The Balaban J connectivity index is 2.89. The normalized spacial score (nSPS) is 11.7. The van der Waals surface area contributed by atoms with Crippen molar-refractivity contribution in [1.82, 2.24) is 0 Å². The molecule has 0 unspecified atom stereocenters. The molecule has 0 spiro atoms. The average Bonchev–Trinajstić information content (AvgIpc) is 2.33. The highest BCUT2D eigenvalue weighted by Gasteiger charge is 2.30. The van der Waals surface area contributed by atoms with E-state index in [1.807, 2.05) is 30.3 Å². The number of halogens is 1. The zero-order valence-electron chi connectivity index (χ0n) is 9.20. The lowest BCUT2D eigenvalue weighted by Gasteiger charge is -2.31. The van der Waals surface area contributed by atoms with Crippen molar-refractivity contribution in [1.29, 1.82) is 0 Å². The maximum absolute atomic E-state index is 5.55. The van der Waals surface area contributed by atoms with Crippen LogP contribution in [0.2, 0.25) is 0 Å². The van der Waals surface area contributed by atoms with Gasteiger partial charge < -0.3 is 9.47 Å². The Morgan fingerprint density at radius 2 is 1.73 bits per heavy atom. The van der Waals surface area contributed by atoms with Crippen LogP contribution >= 0.6 is 22.6 Å². The van der Waals surface area contributed by atoms with Gasteiger partial charge in [0.25, 0.3) is 0 Å². The van der Waals surface area contributed by atoms with Gasteiger partial charge >= 0.3 is 0 Å². The summed E-state index contributed by atoms with van der Waals surface area (Å²) >= 11 is 2.37. The van der Waals surface area contributed by atoms with Gasteiger partial charge in [-0.25, -0.2) is 0 Å². The minimum atomic E-state index is -0.577. The molecule has 0 atom stereocenters. The van der Waals surface area contributed by atoms with E-state index < -0.39 is 5.79 Å². The molecule has 1 aromatic carbocycles. The Hall–Kier alpha value is -0.130. The highest BCUT2D eigenvalue weighted by atomic mass is 127. The zero-order valence-corrected chi connectivity index (χ0v) is 11.4. The van der Waals surface area contributed by atoms with E-state index in [1.54, 1.807) is 14.2 Å². The lowest BCUT2D eigenvalue weighted by molar-refractivity contribution is -0.220. The van der Waals surface area contributed by atoms with Crippen molar-refractivity contribution in [2.75, 3.05) is 18.6 Å². The second kappa shape index (κ2) is 6.45. The first-order chi connectivity index (χ1) is 7.29. The molecule has 0 bridgehead atoms. The third-order valence-electron chi connectivity index (χ3n) is 2.51. The van der Waals surface area contributed by atoms with Gasteiger partial charge in [-0.05, 0) is 10.8 Å². The van der Waals surface area contributed by atoms with Crippen molar-refractivity contribution in [3.8, 4) is 0 Å². The molecule has 0 radical (unpaired) electrons. The number of rotatable bonds is 6. The fourth-order valence-corrected chi connectivity index (χ4v) is 2.04. The molecule has 0 N–H and O–H groups in total. The van der Waals surface area contributed by atoms with Crippen LogP contribution in [0.3, 0.4) is 0 Å². The Kier molecular flexibility index (Phi) is 5.56. The van der Waals surface area contributed by atoms with E-state index in [9.17, 15) is 0 Å². The molecule has 0 saturated heterocycles. The first-order valence-electron chi connectivity index (χ1n) is 5.01. The van der Waals surface area contributed by atoms with Crippen LogP contribution in [-0.2, 0) is 15.3 Å². The molecule has 0 heterocycles. The zero-order chi connectivity index (χ0) is 11.1. The molecular weight excluding hydrogens is 303 g/mol. The maximum Gasteiger partial charge on any atom is 0.194 e. The fraction of sp³-hybridized carbons (Fsp3) is 0.500. The summed E-state index contributed by atoms with van der Waals surface area (Å²) < 4.78 is 12.2. The molecule has 0 saturated carbocycles.